The molecule has 0 spiro atoms. The summed E-state index contributed by atoms with van der Waals surface area (Å²) in [5.74, 6) is -0.0249. The SMILES string of the molecule is CCCCCNC(=O)C(N)CCCCN. The van der Waals surface area contributed by atoms with Crippen LogP contribution in [-0.4, -0.2) is 25.0 Å². The van der Waals surface area contributed by atoms with E-state index in [0.717, 1.165) is 38.6 Å². The predicted molar refractivity (Wildman–Crippen MR) is 63.4 cm³/mol. The summed E-state index contributed by atoms with van der Waals surface area (Å²) in [6.45, 7) is 3.56. The highest BCUT2D eigenvalue weighted by atomic mass is 16.2. The Morgan fingerprint density at radius 3 is 2.60 bits per heavy atom. The van der Waals surface area contributed by atoms with Crippen LogP contribution in [0.3, 0.4) is 0 Å². The molecule has 0 fully saturated rings. The molecule has 1 atom stereocenters. The van der Waals surface area contributed by atoms with E-state index < -0.39 is 0 Å². The fourth-order valence-corrected chi connectivity index (χ4v) is 1.36. The maximum absolute atomic E-state index is 11.4. The molecular formula is C11H25N3O. The highest BCUT2D eigenvalue weighted by molar-refractivity contribution is 5.81. The lowest BCUT2D eigenvalue weighted by molar-refractivity contribution is -0.122. The molecule has 0 aliphatic rings. The Hall–Kier alpha value is -0.610. The molecular weight excluding hydrogens is 190 g/mol. The molecule has 15 heavy (non-hydrogen) atoms. The highest BCUT2D eigenvalue weighted by Crippen LogP contribution is 1.98. The van der Waals surface area contributed by atoms with Gasteiger partial charge in [-0.15, -0.1) is 0 Å². The number of rotatable bonds is 9. The van der Waals surface area contributed by atoms with E-state index in [4.69, 9.17) is 11.5 Å². The standard InChI is InChI=1S/C11H25N3O/c1-2-3-6-9-14-11(15)10(13)7-4-5-8-12/h10H,2-9,12-13H2,1H3,(H,14,15). The van der Waals surface area contributed by atoms with Gasteiger partial charge in [-0.1, -0.05) is 26.2 Å². The van der Waals surface area contributed by atoms with Gasteiger partial charge in [0.1, 0.15) is 0 Å². The van der Waals surface area contributed by atoms with E-state index >= 15 is 0 Å². The van der Waals surface area contributed by atoms with Gasteiger partial charge in [0, 0.05) is 6.54 Å². The van der Waals surface area contributed by atoms with E-state index in [9.17, 15) is 4.79 Å². The summed E-state index contributed by atoms with van der Waals surface area (Å²) in [6.07, 6.45) is 5.96. The first-order valence-corrected chi connectivity index (χ1v) is 5.95. The third-order valence-electron chi connectivity index (χ3n) is 2.39. The lowest BCUT2D eigenvalue weighted by Crippen LogP contribution is -2.40. The van der Waals surface area contributed by atoms with E-state index in [1.54, 1.807) is 0 Å². The average molecular weight is 215 g/mol. The topological polar surface area (TPSA) is 81.1 Å². The second-order valence-electron chi connectivity index (χ2n) is 3.89. The minimum absolute atomic E-state index is 0.0249. The van der Waals surface area contributed by atoms with Crippen molar-refractivity contribution >= 4 is 5.91 Å². The molecule has 1 amide bonds. The second-order valence-corrected chi connectivity index (χ2v) is 3.89. The van der Waals surface area contributed by atoms with Gasteiger partial charge in [0.2, 0.25) is 5.91 Å². The third-order valence-corrected chi connectivity index (χ3v) is 2.39. The van der Waals surface area contributed by atoms with Crippen molar-refractivity contribution in [3.8, 4) is 0 Å². The molecule has 0 bridgehead atoms. The van der Waals surface area contributed by atoms with Crippen molar-refractivity contribution in [2.75, 3.05) is 13.1 Å². The van der Waals surface area contributed by atoms with Gasteiger partial charge in [0.25, 0.3) is 0 Å². The van der Waals surface area contributed by atoms with E-state index in [-0.39, 0.29) is 11.9 Å². The van der Waals surface area contributed by atoms with Crippen LogP contribution in [0.4, 0.5) is 0 Å². The number of amides is 1. The van der Waals surface area contributed by atoms with Gasteiger partial charge in [-0.3, -0.25) is 4.79 Å². The predicted octanol–water partition coefficient (Wildman–Crippen LogP) is 0.749. The van der Waals surface area contributed by atoms with E-state index in [2.05, 4.69) is 12.2 Å². The van der Waals surface area contributed by atoms with Crippen LogP contribution in [0.15, 0.2) is 0 Å². The molecule has 0 saturated carbocycles. The number of hydrogen-bond donors (Lipinski definition) is 3. The summed E-state index contributed by atoms with van der Waals surface area (Å²) in [5, 5.41) is 2.85. The Morgan fingerprint density at radius 1 is 1.27 bits per heavy atom. The first-order valence-electron chi connectivity index (χ1n) is 5.95. The number of nitrogens with two attached hydrogens (primary N) is 2. The summed E-state index contributed by atoms with van der Waals surface area (Å²) in [4.78, 5) is 11.4. The molecule has 5 N–H and O–H groups in total. The number of unbranched alkanes of at least 4 members (excludes halogenated alkanes) is 3. The number of carbonyl (C=O) groups excluding carboxylic acids is 1. The van der Waals surface area contributed by atoms with Gasteiger partial charge < -0.3 is 16.8 Å². The van der Waals surface area contributed by atoms with E-state index in [1.165, 1.54) is 6.42 Å². The molecule has 4 nitrogen and oxygen atoms in total. The molecule has 0 aromatic rings. The minimum atomic E-state index is -0.363. The van der Waals surface area contributed by atoms with Crippen LogP contribution in [0.1, 0.15) is 45.4 Å². The average Bonchev–Trinajstić information content (AvgIpc) is 2.24. The molecule has 0 aliphatic carbocycles. The molecule has 0 radical (unpaired) electrons. The zero-order chi connectivity index (χ0) is 11.5. The summed E-state index contributed by atoms with van der Waals surface area (Å²) in [5.41, 5.74) is 11.1. The third kappa shape index (κ3) is 8.39. The molecule has 1 unspecified atom stereocenters. The van der Waals surface area contributed by atoms with Gasteiger partial charge >= 0.3 is 0 Å². The zero-order valence-electron chi connectivity index (χ0n) is 9.80. The maximum Gasteiger partial charge on any atom is 0.236 e. The molecule has 0 aromatic heterocycles. The molecule has 90 valence electrons. The quantitative estimate of drug-likeness (QED) is 0.496. The number of hydrogen-bond acceptors (Lipinski definition) is 3. The molecule has 0 heterocycles. The minimum Gasteiger partial charge on any atom is -0.355 e. The van der Waals surface area contributed by atoms with Crippen LogP contribution in [0, 0.1) is 0 Å². The van der Waals surface area contributed by atoms with Gasteiger partial charge in [-0.05, 0) is 25.8 Å². The highest BCUT2D eigenvalue weighted by Gasteiger charge is 2.11. The van der Waals surface area contributed by atoms with Crippen LogP contribution < -0.4 is 16.8 Å². The fourth-order valence-electron chi connectivity index (χ4n) is 1.36. The second kappa shape index (κ2) is 9.93. The van der Waals surface area contributed by atoms with Gasteiger partial charge in [-0.25, -0.2) is 0 Å². The van der Waals surface area contributed by atoms with Crippen LogP contribution in [0.25, 0.3) is 0 Å². The van der Waals surface area contributed by atoms with Crippen molar-refractivity contribution in [3.63, 3.8) is 0 Å². The van der Waals surface area contributed by atoms with Crippen molar-refractivity contribution < 1.29 is 4.79 Å². The normalized spacial score (nSPS) is 12.5. The maximum atomic E-state index is 11.4. The number of nitrogens with one attached hydrogen (secondary N) is 1. The van der Waals surface area contributed by atoms with Crippen LogP contribution >= 0.6 is 0 Å². The van der Waals surface area contributed by atoms with Crippen molar-refractivity contribution in [2.24, 2.45) is 11.5 Å². The lowest BCUT2D eigenvalue weighted by atomic mass is 10.1. The Bertz CT molecular complexity index is 162. The fraction of sp³-hybridized carbons (Fsp3) is 0.909. The van der Waals surface area contributed by atoms with E-state index in [1.807, 2.05) is 0 Å². The van der Waals surface area contributed by atoms with Crippen molar-refractivity contribution in [3.05, 3.63) is 0 Å². The van der Waals surface area contributed by atoms with Crippen molar-refractivity contribution in [2.45, 2.75) is 51.5 Å². The largest absolute Gasteiger partial charge is 0.355 e. The van der Waals surface area contributed by atoms with Crippen molar-refractivity contribution in [1.82, 2.24) is 5.32 Å². The monoisotopic (exact) mass is 215 g/mol. The summed E-state index contributed by atoms with van der Waals surface area (Å²) in [7, 11) is 0. The summed E-state index contributed by atoms with van der Waals surface area (Å²) in [6, 6.07) is -0.363. The molecule has 0 aromatic carbocycles. The number of carbonyl (C=O) groups is 1. The summed E-state index contributed by atoms with van der Waals surface area (Å²) < 4.78 is 0. The van der Waals surface area contributed by atoms with Crippen LogP contribution in [-0.2, 0) is 4.79 Å². The first kappa shape index (κ1) is 14.4. The van der Waals surface area contributed by atoms with Gasteiger partial charge in [-0.2, -0.15) is 0 Å². The van der Waals surface area contributed by atoms with E-state index in [0.29, 0.717) is 6.54 Å². The Labute approximate surface area is 92.8 Å². The smallest absolute Gasteiger partial charge is 0.236 e. The van der Waals surface area contributed by atoms with Crippen molar-refractivity contribution in [1.29, 1.82) is 0 Å². The van der Waals surface area contributed by atoms with Crippen LogP contribution in [0.5, 0.6) is 0 Å². The molecule has 0 aliphatic heterocycles. The Kier molecular flexibility index (Phi) is 9.52. The lowest BCUT2D eigenvalue weighted by Gasteiger charge is -2.11. The Morgan fingerprint density at radius 2 is 2.00 bits per heavy atom. The molecule has 4 heteroatoms. The first-order chi connectivity index (χ1) is 7.22. The summed E-state index contributed by atoms with van der Waals surface area (Å²) >= 11 is 0. The zero-order valence-corrected chi connectivity index (χ0v) is 9.80. The molecule has 0 rings (SSSR count). The molecule has 0 saturated heterocycles. The Balaban J connectivity index is 3.42. The van der Waals surface area contributed by atoms with Gasteiger partial charge in [0.05, 0.1) is 6.04 Å². The van der Waals surface area contributed by atoms with Gasteiger partial charge in [0.15, 0.2) is 0 Å². The van der Waals surface area contributed by atoms with Crippen LogP contribution in [0.2, 0.25) is 0 Å².